The van der Waals surface area contributed by atoms with Crippen molar-refractivity contribution in [2.24, 2.45) is 5.92 Å². The van der Waals surface area contributed by atoms with E-state index in [9.17, 15) is 18.0 Å². The number of nitrogens with zero attached hydrogens (tertiary/aromatic N) is 3. The smallest absolute Gasteiger partial charge is 0.251 e. The number of likely N-dealkylation sites (tertiary alicyclic amines) is 1. The van der Waals surface area contributed by atoms with Gasteiger partial charge in [-0.1, -0.05) is 6.07 Å². The van der Waals surface area contributed by atoms with Gasteiger partial charge in [-0.2, -0.15) is 0 Å². The molecule has 2 aromatic heterocycles. The van der Waals surface area contributed by atoms with Crippen LogP contribution in [0.25, 0.3) is 11.4 Å². The lowest BCUT2D eigenvalue weighted by molar-refractivity contribution is -0.135. The third-order valence-electron chi connectivity index (χ3n) is 5.12. The molecule has 2 fully saturated rings. The predicted octanol–water partition coefficient (Wildman–Crippen LogP) is 0.930. The van der Waals surface area contributed by atoms with E-state index in [0.29, 0.717) is 36.6 Å². The van der Waals surface area contributed by atoms with Crippen molar-refractivity contribution in [3.05, 3.63) is 46.6 Å². The number of carbonyl (C=O) groups excluding carboxylic acids is 1. The first-order chi connectivity index (χ1) is 12.9. The van der Waals surface area contributed by atoms with Crippen molar-refractivity contribution in [3.8, 4) is 11.4 Å². The lowest BCUT2D eigenvalue weighted by Crippen LogP contribution is -2.37. The number of aromatic amines is 1. The highest BCUT2D eigenvalue weighted by Gasteiger charge is 2.40. The van der Waals surface area contributed by atoms with Gasteiger partial charge in [-0.15, -0.1) is 0 Å². The summed E-state index contributed by atoms with van der Waals surface area (Å²) < 4.78 is 23.4. The van der Waals surface area contributed by atoms with Crippen molar-refractivity contribution in [2.45, 2.75) is 25.3 Å². The molecule has 8 nitrogen and oxygen atoms in total. The lowest BCUT2D eigenvalue weighted by atomic mass is 10.1. The molecule has 2 aromatic rings. The van der Waals surface area contributed by atoms with Crippen molar-refractivity contribution < 1.29 is 13.2 Å². The molecule has 9 heteroatoms. The molecule has 2 aliphatic rings. The van der Waals surface area contributed by atoms with Gasteiger partial charge in [-0.05, 0) is 31.4 Å². The molecule has 0 aliphatic carbocycles. The molecule has 0 unspecified atom stereocenters. The Balaban J connectivity index is 1.63. The van der Waals surface area contributed by atoms with Gasteiger partial charge in [0, 0.05) is 18.8 Å². The molecule has 2 aliphatic heterocycles. The van der Waals surface area contributed by atoms with E-state index in [2.05, 4.69) is 15.0 Å². The van der Waals surface area contributed by atoms with E-state index in [4.69, 9.17) is 0 Å². The zero-order chi connectivity index (χ0) is 19.0. The number of hydrogen-bond donors (Lipinski definition) is 1. The second kappa shape index (κ2) is 6.88. The number of carbonyl (C=O) groups is 1. The summed E-state index contributed by atoms with van der Waals surface area (Å²) >= 11 is 0. The van der Waals surface area contributed by atoms with E-state index in [1.807, 2.05) is 6.07 Å². The topological polar surface area (TPSA) is 113 Å². The molecule has 0 aromatic carbocycles. The molecular formula is C18H20N4O4S. The van der Waals surface area contributed by atoms with Crippen LogP contribution in [0.1, 0.15) is 31.1 Å². The molecule has 2 atom stereocenters. The summed E-state index contributed by atoms with van der Waals surface area (Å²) in [5.41, 5.74) is 0.739. The van der Waals surface area contributed by atoms with Crippen LogP contribution in [0.3, 0.4) is 0 Å². The number of sulfone groups is 1. The first-order valence-electron chi connectivity index (χ1n) is 8.96. The minimum Gasteiger partial charge on any atom is -0.332 e. The zero-order valence-corrected chi connectivity index (χ0v) is 15.5. The van der Waals surface area contributed by atoms with E-state index in [1.54, 1.807) is 23.2 Å². The maximum atomic E-state index is 12.9. The number of pyridine rings is 1. The van der Waals surface area contributed by atoms with Crippen LogP contribution in [0.5, 0.6) is 0 Å². The normalized spacial score (nSPS) is 24.2. The SMILES string of the molecule is O=C([C@@H]1CCS(=O)(=O)C1)N1CCC[C@@H]1c1nc(-c2ccccn2)cc(=O)[nH]1. The van der Waals surface area contributed by atoms with Gasteiger partial charge < -0.3 is 9.88 Å². The summed E-state index contributed by atoms with van der Waals surface area (Å²) in [6.45, 7) is 0.539. The Kier molecular flexibility index (Phi) is 4.55. The fourth-order valence-corrected chi connectivity index (χ4v) is 5.55. The van der Waals surface area contributed by atoms with Gasteiger partial charge in [0.15, 0.2) is 9.84 Å². The third-order valence-corrected chi connectivity index (χ3v) is 6.89. The summed E-state index contributed by atoms with van der Waals surface area (Å²) in [5.74, 6) is -0.264. The monoisotopic (exact) mass is 388 g/mol. The highest BCUT2D eigenvalue weighted by atomic mass is 32.2. The standard InChI is InChI=1S/C18H20N4O4S/c23-16-10-14(13-4-1-2-7-19-13)20-17(21-16)15-5-3-8-22(15)18(24)12-6-9-27(25,26)11-12/h1-2,4,7,10,12,15H,3,5-6,8-9,11H2,(H,20,21,23)/t12-,15-/m1/s1. The first kappa shape index (κ1) is 17.8. The number of nitrogens with one attached hydrogen (secondary N) is 1. The fraction of sp³-hybridized carbons (Fsp3) is 0.444. The Labute approximate surface area is 156 Å². The van der Waals surface area contributed by atoms with Crippen molar-refractivity contribution in [1.29, 1.82) is 0 Å². The van der Waals surface area contributed by atoms with Gasteiger partial charge in [-0.25, -0.2) is 13.4 Å². The summed E-state index contributed by atoms with van der Waals surface area (Å²) in [5, 5.41) is 0. The summed E-state index contributed by atoms with van der Waals surface area (Å²) in [6.07, 6.45) is 3.46. The Bertz CT molecular complexity index is 1020. The minimum atomic E-state index is -3.13. The number of H-pyrrole nitrogens is 1. The first-order valence-corrected chi connectivity index (χ1v) is 10.8. The molecule has 2 saturated heterocycles. The molecule has 142 valence electrons. The summed E-state index contributed by atoms with van der Waals surface area (Å²) in [7, 11) is -3.13. The van der Waals surface area contributed by atoms with Crippen molar-refractivity contribution >= 4 is 15.7 Å². The van der Waals surface area contributed by atoms with Crippen LogP contribution in [-0.4, -0.2) is 52.2 Å². The van der Waals surface area contributed by atoms with Gasteiger partial charge in [-0.3, -0.25) is 14.6 Å². The Morgan fingerprint density at radius 1 is 1.22 bits per heavy atom. The second-order valence-electron chi connectivity index (χ2n) is 7.02. The van der Waals surface area contributed by atoms with Crippen LogP contribution in [0.2, 0.25) is 0 Å². The van der Waals surface area contributed by atoms with Crippen LogP contribution in [-0.2, 0) is 14.6 Å². The zero-order valence-electron chi connectivity index (χ0n) is 14.7. The van der Waals surface area contributed by atoms with Gasteiger partial charge >= 0.3 is 0 Å². The third kappa shape index (κ3) is 3.64. The number of hydrogen-bond acceptors (Lipinski definition) is 6. The van der Waals surface area contributed by atoms with E-state index in [1.165, 1.54) is 6.07 Å². The maximum absolute atomic E-state index is 12.9. The molecule has 4 rings (SSSR count). The molecule has 0 saturated carbocycles. The van der Waals surface area contributed by atoms with E-state index in [-0.39, 0.29) is 29.0 Å². The highest BCUT2D eigenvalue weighted by Crippen LogP contribution is 2.33. The predicted molar refractivity (Wildman–Crippen MR) is 98.5 cm³/mol. The van der Waals surface area contributed by atoms with Crippen molar-refractivity contribution in [2.75, 3.05) is 18.1 Å². The molecule has 27 heavy (non-hydrogen) atoms. The van der Waals surface area contributed by atoms with Crippen LogP contribution >= 0.6 is 0 Å². The van der Waals surface area contributed by atoms with Gasteiger partial charge in [0.2, 0.25) is 5.91 Å². The van der Waals surface area contributed by atoms with Gasteiger partial charge in [0.1, 0.15) is 5.82 Å². The second-order valence-corrected chi connectivity index (χ2v) is 9.25. The highest BCUT2D eigenvalue weighted by molar-refractivity contribution is 7.91. The summed E-state index contributed by atoms with van der Waals surface area (Å²) in [4.78, 5) is 38.2. The average Bonchev–Trinajstić information content (AvgIpc) is 3.28. The molecule has 0 bridgehead atoms. The maximum Gasteiger partial charge on any atom is 0.251 e. The Morgan fingerprint density at radius 2 is 2.07 bits per heavy atom. The number of amides is 1. The minimum absolute atomic E-state index is 0.0617. The largest absolute Gasteiger partial charge is 0.332 e. The summed E-state index contributed by atoms with van der Waals surface area (Å²) in [6, 6.07) is 6.40. The number of rotatable bonds is 3. The lowest BCUT2D eigenvalue weighted by Gasteiger charge is -2.26. The van der Waals surface area contributed by atoms with Crippen LogP contribution in [0, 0.1) is 5.92 Å². The van der Waals surface area contributed by atoms with E-state index >= 15 is 0 Å². The van der Waals surface area contributed by atoms with Crippen molar-refractivity contribution in [3.63, 3.8) is 0 Å². The Hall–Kier alpha value is -2.55. The van der Waals surface area contributed by atoms with E-state index < -0.39 is 15.8 Å². The Morgan fingerprint density at radius 3 is 2.78 bits per heavy atom. The average molecular weight is 388 g/mol. The quantitative estimate of drug-likeness (QED) is 0.837. The molecule has 4 heterocycles. The molecule has 0 radical (unpaired) electrons. The number of aromatic nitrogens is 3. The van der Waals surface area contributed by atoms with Crippen molar-refractivity contribution in [1.82, 2.24) is 19.9 Å². The van der Waals surface area contributed by atoms with Crippen LogP contribution in [0.15, 0.2) is 35.3 Å². The van der Waals surface area contributed by atoms with E-state index in [0.717, 1.165) is 6.42 Å². The van der Waals surface area contributed by atoms with Gasteiger partial charge in [0.25, 0.3) is 5.56 Å². The van der Waals surface area contributed by atoms with Gasteiger partial charge in [0.05, 0.1) is 34.9 Å². The molecule has 0 spiro atoms. The molecular weight excluding hydrogens is 368 g/mol. The fourth-order valence-electron chi connectivity index (χ4n) is 3.82. The van der Waals surface area contributed by atoms with Crippen LogP contribution < -0.4 is 5.56 Å². The van der Waals surface area contributed by atoms with Crippen LogP contribution in [0.4, 0.5) is 0 Å². The molecule has 1 N–H and O–H groups in total. The molecule has 1 amide bonds.